The lowest BCUT2D eigenvalue weighted by molar-refractivity contribution is -0.0775. The van der Waals surface area contributed by atoms with Crippen molar-refractivity contribution in [2.24, 2.45) is 11.8 Å². The molecule has 4 atom stereocenters. The summed E-state index contributed by atoms with van der Waals surface area (Å²) in [4.78, 5) is 0. The van der Waals surface area contributed by atoms with Gasteiger partial charge in [-0.3, -0.25) is 0 Å². The molecular weight excluding hydrogens is 345 g/mol. The normalized spacial score (nSPS) is 30.0. The van der Waals surface area contributed by atoms with Crippen molar-refractivity contribution < 1.29 is 22.3 Å². The molecule has 0 unspecified atom stereocenters. The maximum Gasteiger partial charge on any atom is 0.216 e. The zero-order valence-corrected chi connectivity index (χ0v) is 14.2. The second kappa shape index (κ2) is 6.64. The van der Waals surface area contributed by atoms with Gasteiger partial charge in [0.15, 0.2) is 0 Å². The molecule has 1 aliphatic carbocycles. The first-order valence-electron chi connectivity index (χ1n) is 7.46. The van der Waals surface area contributed by atoms with E-state index in [9.17, 15) is 12.8 Å². The number of ether oxygens (including phenoxy) is 2. The summed E-state index contributed by atoms with van der Waals surface area (Å²) in [5.41, 5.74) is 0.101. The SMILES string of the molecule is COC[C@H]1[C@@H](NS(=O)(=O)Cc2ccc(Cl)cc2F)[C@H]2CCO[C@H]21. The molecule has 1 saturated carbocycles. The largest absolute Gasteiger partial charge is 0.384 e. The first-order valence-corrected chi connectivity index (χ1v) is 9.49. The van der Waals surface area contributed by atoms with Crippen molar-refractivity contribution >= 4 is 21.6 Å². The van der Waals surface area contributed by atoms with Crippen LogP contribution in [0.15, 0.2) is 18.2 Å². The van der Waals surface area contributed by atoms with Gasteiger partial charge in [0, 0.05) is 42.2 Å². The first-order chi connectivity index (χ1) is 10.9. The molecule has 23 heavy (non-hydrogen) atoms. The smallest absolute Gasteiger partial charge is 0.216 e. The molecule has 128 valence electrons. The minimum absolute atomic E-state index is 0.00246. The van der Waals surface area contributed by atoms with Gasteiger partial charge in [-0.15, -0.1) is 0 Å². The van der Waals surface area contributed by atoms with Crippen LogP contribution in [0.25, 0.3) is 0 Å². The van der Waals surface area contributed by atoms with Crippen molar-refractivity contribution in [1.82, 2.24) is 4.72 Å². The number of hydrogen-bond acceptors (Lipinski definition) is 4. The summed E-state index contributed by atoms with van der Waals surface area (Å²) in [6.07, 6.45) is 0.878. The summed E-state index contributed by atoms with van der Waals surface area (Å²) in [5, 5.41) is 0.238. The zero-order valence-electron chi connectivity index (χ0n) is 12.7. The van der Waals surface area contributed by atoms with Crippen LogP contribution in [0.4, 0.5) is 4.39 Å². The minimum Gasteiger partial charge on any atom is -0.384 e. The number of sulfonamides is 1. The molecular formula is C15H19ClFNO4S. The summed E-state index contributed by atoms with van der Waals surface area (Å²) in [6, 6.07) is 3.77. The Balaban J connectivity index is 1.70. The van der Waals surface area contributed by atoms with Crippen molar-refractivity contribution in [1.29, 1.82) is 0 Å². The Morgan fingerprint density at radius 1 is 1.48 bits per heavy atom. The third-order valence-corrected chi connectivity index (χ3v) is 6.12. The predicted molar refractivity (Wildman–Crippen MR) is 84.2 cm³/mol. The predicted octanol–water partition coefficient (Wildman–Crippen LogP) is 1.95. The highest BCUT2D eigenvalue weighted by atomic mass is 35.5. The number of hydrogen-bond donors (Lipinski definition) is 1. The van der Waals surface area contributed by atoms with Crippen LogP contribution in [0.2, 0.25) is 5.02 Å². The van der Waals surface area contributed by atoms with Crippen LogP contribution in [0, 0.1) is 17.7 Å². The third-order valence-electron chi connectivity index (χ3n) is 4.56. The molecule has 1 N–H and O–H groups in total. The highest BCUT2D eigenvalue weighted by Crippen LogP contribution is 2.44. The average Bonchev–Trinajstić information content (AvgIpc) is 2.90. The average molecular weight is 364 g/mol. The van der Waals surface area contributed by atoms with E-state index in [-0.39, 0.29) is 34.6 Å². The van der Waals surface area contributed by atoms with E-state index in [1.165, 1.54) is 12.1 Å². The van der Waals surface area contributed by atoms with Gasteiger partial charge >= 0.3 is 0 Å². The molecule has 1 aliphatic heterocycles. The van der Waals surface area contributed by atoms with Crippen LogP contribution >= 0.6 is 11.6 Å². The molecule has 1 aromatic carbocycles. The van der Waals surface area contributed by atoms with Crippen LogP contribution in [-0.4, -0.2) is 40.9 Å². The Labute approximate surface area is 140 Å². The van der Waals surface area contributed by atoms with Crippen LogP contribution in [0.5, 0.6) is 0 Å². The Bertz CT molecular complexity index is 684. The van der Waals surface area contributed by atoms with Crippen molar-refractivity contribution in [3.8, 4) is 0 Å². The van der Waals surface area contributed by atoms with Crippen LogP contribution in [0.3, 0.4) is 0 Å². The van der Waals surface area contributed by atoms with E-state index in [1.807, 2.05) is 0 Å². The van der Waals surface area contributed by atoms with Gasteiger partial charge < -0.3 is 9.47 Å². The molecule has 3 rings (SSSR count). The van der Waals surface area contributed by atoms with Crippen molar-refractivity contribution in [3.05, 3.63) is 34.6 Å². The fourth-order valence-corrected chi connectivity index (χ4v) is 5.14. The van der Waals surface area contributed by atoms with Gasteiger partial charge in [0.05, 0.1) is 18.5 Å². The van der Waals surface area contributed by atoms with Gasteiger partial charge in [-0.25, -0.2) is 17.5 Å². The van der Waals surface area contributed by atoms with E-state index in [0.717, 1.165) is 12.5 Å². The van der Waals surface area contributed by atoms with Gasteiger partial charge in [0.1, 0.15) is 5.82 Å². The highest BCUT2D eigenvalue weighted by molar-refractivity contribution is 7.88. The molecule has 8 heteroatoms. The number of halogens is 2. The number of benzene rings is 1. The summed E-state index contributed by atoms with van der Waals surface area (Å²) in [5.74, 6) is -0.867. The monoisotopic (exact) mass is 363 g/mol. The summed E-state index contributed by atoms with van der Waals surface area (Å²) in [7, 11) is -2.08. The molecule has 0 amide bonds. The lowest BCUT2D eigenvalue weighted by atomic mass is 9.68. The molecule has 1 aromatic rings. The molecule has 0 aromatic heterocycles. The standard InChI is InChI=1S/C15H19ClFNO4S/c1-21-7-12-14(11-4-5-22-15(11)12)18-23(19,20)8-9-2-3-10(16)6-13(9)17/h2-3,6,11-12,14-15,18H,4-5,7-8H2,1H3/t11-,12+,14+,15-/m1/s1. The van der Waals surface area contributed by atoms with Crippen LogP contribution in [-0.2, 0) is 25.2 Å². The maximum atomic E-state index is 13.8. The fraction of sp³-hybridized carbons (Fsp3) is 0.600. The quantitative estimate of drug-likeness (QED) is 0.839. The van der Waals surface area contributed by atoms with Crippen LogP contribution < -0.4 is 4.72 Å². The van der Waals surface area contributed by atoms with Crippen LogP contribution in [0.1, 0.15) is 12.0 Å². The van der Waals surface area contributed by atoms with E-state index < -0.39 is 21.6 Å². The van der Waals surface area contributed by atoms with E-state index >= 15 is 0 Å². The molecule has 0 radical (unpaired) electrons. The van der Waals surface area contributed by atoms with E-state index in [1.54, 1.807) is 7.11 Å². The van der Waals surface area contributed by atoms with Gasteiger partial charge in [-0.2, -0.15) is 0 Å². The van der Waals surface area contributed by atoms with Gasteiger partial charge in [-0.1, -0.05) is 17.7 Å². The van der Waals surface area contributed by atoms with Crippen molar-refractivity contribution in [2.45, 2.75) is 24.3 Å². The fourth-order valence-electron chi connectivity index (χ4n) is 3.49. The second-order valence-electron chi connectivity index (χ2n) is 6.05. The van der Waals surface area contributed by atoms with Gasteiger partial charge in [0.25, 0.3) is 0 Å². The molecule has 0 bridgehead atoms. The molecule has 2 aliphatic rings. The molecule has 5 nitrogen and oxygen atoms in total. The number of rotatable bonds is 6. The third kappa shape index (κ3) is 3.53. The topological polar surface area (TPSA) is 64.6 Å². The summed E-state index contributed by atoms with van der Waals surface area (Å²) in [6.45, 7) is 1.07. The zero-order chi connectivity index (χ0) is 16.6. The number of methoxy groups -OCH3 is 1. The molecule has 1 heterocycles. The van der Waals surface area contributed by atoms with Crippen molar-refractivity contribution in [3.63, 3.8) is 0 Å². The van der Waals surface area contributed by atoms with E-state index in [2.05, 4.69) is 4.72 Å². The van der Waals surface area contributed by atoms with Crippen molar-refractivity contribution in [2.75, 3.05) is 20.3 Å². The summed E-state index contributed by atoms with van der Waals surface area (Å²) >= 11 is 5.69. The Kier molecular flexibility index (Phi) is 4.94. The van der Waals surface area contributed by atoms with Gasteiger partial charge in [0.2, 0.25) is 10.0 Å². The lowest BCUT2D eigenvalue weighted by Gasteiger charge is -2.47. The molecule has 2 fully saturated rings. The lowest BCUT2D eigenvalue weighted by Crippen LogP contribution is -2.62. The van der Waals surface area contributed by atoms with E-state index in [0.29, 0.717) is 13.2 Å². The van der Waals surface area contributed by atoms with Gasteiger partial charge in [-0.05, 0) is 18.6 Å². The Hall–Kier alpha value is -0.730. The molecule has 1 saturated heterocycles. The molecule has 0 spiro atoms. The summed E-state index contributed by atoms with van der Waals surface area (Å²) < 4.78 is 52.1. The number of fused-ring (bicyclic) bond motifs is 1. The number of nitrogens with one attached hydrogen (secondary N) is 1. The second-order valence-corrected chi connectivity index (χ2v) is 8.24. The Morgan fingerprint density at radius 2 is 2.26 bits per heavy atom. The first kappa shape index (κ1) is 17.1. The highest BCUT2D eigenvalue weighted by Gasteiger charge is 2.54. The Morgan fingerprint density at radius 3 is 2.96 bits per heavy atom. The maximum absolute atomic E-state index is 13.8. The van der Waals surface area contributed by atoms with E-state index in [4.69, 9.17) is 21.1 Å². The minimum atomic E-state index is -3.66.